The Morgan fingerprint density at radius 3 is 2.43 bits per heavy atom. The molecule has 1 unspecified atom stereocenters. The first-order valence-corrected chi connectivity index (χ1v) is 12.2. The lowest BCUT2D eigenvalue weighted by Crippen LogP contribution is -2.30. The first-order chi connectivity index (χ1) is 17.0. The number of likely N-dealkylation sites (N-methyl/N-ethyl adjacent to an activating group) is 1. The van der Waals surface area contributed by atoms with Gasteiger partial charge in [0.25, 0.3) is 0 Å². The minimum Gasteiger partial charge on any atom is -0.340 e. The normalized spacial score (nSPS) is 15.7. The van der Waals surface area contributed by atoms with Gasteiger partial charge in [-0.3, -0.25) is 9.59 Å². The summed E-state index contributed by atoms with van der Waals surface area (Å²) >= 11 is 0. The molecule has 0 radical (unpaired) electrons. The van der Waals surface area contributed by atoms with Crippen molar-refractivity contribution in [2.24, 2.45) is 0 Å². The van der Waals surface area contributed by atoms with Crippen LogP contribution in [0.4, 0.5) is 5.69 Å². The van der Waals surface area contributed by atoms with E-state index in [0.29, 0.717) is 19.5 Å². The lowest BCUT2D eigenvalue weighted by molar-refractivity contribution is -0.131. The molecule has 0 bridgehead atoms. The molecule has 1 atom stereocenters. The average Bonchev–Trinajstić information content (AvgIpc) is 3.45. The summed E-state index contributed by atoms with van der Waals surface area (Å²) in [5.74, 6) is 0.821. The molecule has 5 rings (SSSR count). The van der Waals surface area contributed by atoms with Gasteiger partial charge in [-0.2, -0.15) is 0 Å². The SMILES string of the molecule is CCc1ccc(N2CC(c3nc4ccccc4n3CC(=O)N(C)Cc3ccccc3)CC2=O)cc1. The largest absolute Gasteiger partial charge is 0.340 e. The molecule has 3 aromatic carbocycles. The molecule has 1 saturated heterocycles. The van der Waals surface area contributed by atoms with Crippen LogP contribution >= 0.6 is 0 Å². The fourth-order valence-corrected chi connectivity index (χ4v) is 4.82. The molecule has 0 N–H and O–H groups in total. The summed E-state index contributed by atoms with van der Waals surface area (Å²) in [5, 5.41) is 0. The van der Waals surface area contributed by atoms with Crippen LogP contribution in [0.15, 0.2) is 78.9 Å². The average molecular weight is 467 g/mol. The van der Waals surface area contributed by atoms with Crippen molar-refractivity contribution in [1.82, 2.24) is 14.5 Å². The van der Waals surface area contributed by atoms with Crippen LogP contribution in [0.3, 0.4) is 0 Å². The van der Waals surface area contributed by atoms with Gasteiger partial charge in [-0.15, -0.1) is 0 Å². The molecule has 2 heterocycles. The Morgan fingerprint density at radius 1 is 0.971 bits per heavy atom. The van der Waals surface area contributed by atoms with Crippen molar-refractivity contribution in [3.05, 3.63) is 95.8 Å². The fraction of sp³-hybridized carbons (Fsp3) is 0.276. The van der Waals surface area contributed by atoms with Crippen molar-refractivity contribution >= 4 is 28.5 Å². The quantitative estimate of drug-likeness (QED) is 0.394. The summed E-state index contributed by atoms with van der Waals surface area (Å²) in [4.78, 5) is 34.7. The maximum atomic E-state index is 13.2. The van der Waals surface area contributed by atoms with E-state index < -0.39 is 0 Å². The van der Waals surface area contributed by atoms with Gasteiger partial charge >= 0.3 is 0 Å². The fourth-order valence-electron chi connectivity index (χ4n) is 4.82. The number of benzene rings is 3. The number of nitrogens with zero attached hydrogens (tertiary/aromatic N) is 4. The third-order valence-corrected chi connectivity index (χ3v) is 6.81. The van der Waals surface area contributed by atoms with E-state index in [1.54, 1.807) is 4.90 Å². The zero-order chi connectivity index (χ0) is 24.4. The number of carbonyl (C=O) groups is 2. The summed E-state index contributed by atoms with van der Waals surface area (Å²) in [7, 11) is 1.83. The Bertz CT molecular complexity index is 1340. The number of amides is 2. The van der Waals surface area contributed by atoms with Crippen LogP contribution in [0, 0.1) is 0 Å². The number of hydrogen-bond acceptors (Lipinski definition) is 3. The molecule has 0 saturated carbocycles. The van der Waals surface area contributed by atoms with Gasteiger partial charge in [-0.1, -0.05) is 61.5 Å². The van der Waals surface area contributed by atoms with Gasteiger partial charge < -0.3 is 14.4 Å². The summed E-state index contributed by atoms with van der Waals surface area (Å²) in [6, 6.07) is 26.0. The topological polar surface area (TPSA) is 58.4 Å². The van der Waals surface area contributed by atoms with E-state index in [2.05, 4.69) is 19.1 Å². The molecule has 0 spiro atoms. The van der Waals surface area contributed by atoms with E-state index in [4.69, 9.17) is 4.98 Å². The van der Waals surface area contributed by atoms with Crippen molar-refractivity contribution < 1.29 is 9.59 Å². The van der Waals surface area contributed by atoms with E-state index >= 15 is 0 Å². The van der Waals surface area contributed by atoms with E-state index in [-0.39, 0.29) is 24.3 Å². The summed E-state index contributed by atoms with van der Waals surface area (Å²) < 4.78 is 2.00. The van der Waals surface area contributed by atoms with E-state index in [9.17, 15) is 9.59 Å². The molecule has 1 fully saturated rings. The van der Waals surface area contributed by atoms with Crippen molar-refractivity contribution in [2.45, 2.75) is 38.8 Å². The summed E-state index contributed by atoms with van der Waals surface area (Å²) in [5.41, 5.74) is 5.01. The highest BCUT2D eigenvalue weighted by Gasteiger charge is 2.35. The standard InChI is InChI=1S/C29H30N4O2/c1-3-21-13-15-24(16-14-21)32-19-23(17-27(32)34)29-30-25-11-7-8-12-26(25)33(29)20-28(35)31(2)18-22-9-5-4-6-10-22/h4-16,23H,3,17-20H2,1-2H3. The zero-order valence-electron chi connectivity index (χ0n) is 20.2. The number of para-hydroxylation sites is 2. The van der Waals surface area contributed by atoms with Crippen LogP contribution in [-0.4, -0.2) is 39.9 Å². The monoisotopic (exact) mass is 466 g/mol. The van der Waals surface area contributed by atoms with Gasteiger partial charge in [0, 0.05) is 38.2 Å². The van der Waals surface area contributed by atoms with E-state index in [1.165, 1.54) is 5.56 Å². The minimum atomic E-state index is -0.0759. The van der Waals surface area contributed by atoms with Crippen LogP contribution in [0.25, 0.3) is 11.0 Å². The number of carbonyl (C=O) groups excluding carboxylic acids is 2. The Labute approximate surface area is 205 Å². The first-order valence-electron chi connectivity index (χ1n) is 12.2. The molecule has 1 aliphatic heterocycles. The molecular formula is C29H30N4O2. The number of fused-ring (bicyclic) bond motifs is 1. The lowest BCUT2D eigenvalue weighted by Gasteiger charge is -2.20. The Hall–Kier alpha value is -3.93. The number of anilines is 1. The van der Waals surface area contributed by atoms with Crippen LogP contribution in [0.2, 0.25) is 0 Å². The van der Waals surface area contributed by atoms with Gasteiger partial charge in [-0.25, -0.2) is 4.98 Å². The third-order valence-electron chi connectivity index (χ3n) is 6.81. The van der Waals surface area contributed by atoms with Crippen LogP contribution < -0.4 is 4.90 Å². The molecule has 0 aliphatic carbocycles. The zero-order valence-corrected chi connectivity index (χ0v) is 20.2. The molecule has 178 valence electrons. The minimum absolute atomic E-state index is 0.00888. The van der Waals surface area contributed by atoms with Gasteiger partial charge in [0.1, 0.15) is 12.4 Å². The van der Waals surface area contributed by atoms with Gasteiger partial charge in [0.15, 0.2) is 0 Å². The summed E-state index contributed by atoms with van der Waals surface area (Å²) in [6.07, 6.45) is 1.35. The maximum absolute atomic E-state index is 13.2. The number of aromatic nitrogens is 2. The smallest absolute Gasteiger partial charge is 0.242 e. The number of hydrogen-bond donors (Lipinski definition) is 0. The van der Waals surface area contributed by atoms with E-state index in [0.717, 1.165) is 34.5 Å². The summed E-state index contributed by atoms with van der Waals surface area (Å²) in [6.45, 7) is 3.41. The second-order valence-electron chi connectivity index (χ2n) is 9.21. The molecular weight excluding hydrogens is 436 g/mol. The lowest BCUT2D eigenvalue weighted by atomic mass is 10.1. The van der Waals surface area contributed by atoms with Gasteiger partial charge in [0.2, 0.25) is 11.8 Å². The maximum Gasteiger partial charge on any atom is 0.242 e. The third kappa shape index (κ3) is 4.69. The Kier molecular flexibility index (Phi) is 6.36. The highest BCUT2D eigenvalue weighted by Crippen LogP contribution is 2.33. The Balaban J connectivity index is 1.40. The number of aryl methyl sites for hydroxylation is 1. The number of imidazole rings is 1. The molecule has 6 nitrogen and oxygen atoms in total. The van der Waals surface area contributed by atoms with Crippen LogP contribution in [0.1, 0.15) is 36.2 Å². The van der Waals surface area contributed by atoms with Crippen molar-refractivity contribution in [2.75, 3.05) is 18.5 Å². The highest BCUT2D eigenvalue weighted by atomic mass is 16.2. The van der Waals surface area contributed by atoms with Crippen LogP contribution in [-0.2, 0) is 29.1 Å². The predicted molar refractivity (Wildman–Crippen MR) is 138 cm³/mol. The molecule has 1 aromatic heterocycles. The second-order valence-corrected chi connectivity index (χ2v) is 9.21. The highest BCUT2D eigenvalue weighted by molar-refractivity contribution is 5.96. The number of rotatable bonds is 7. The molecule has 2 amide bonds. The van der Waals surface area contributed by atoms with Crippen LogP contribution in [0.5, 0.6) is 0 Å². The Morgan fingerprint density at radius 2 is 1.69 bits per heavy atom. The van der Waals surface area contributed by atoms with Gasteiger partial charge in [0.05, 0.1) is 11.0 Å². The second kappa shape index (κ2) is 9.74. The molecule has 4 aromatic rings. The molecule has 6 heteroatoms. The van der Waals surface area contributed by atoms with Crippen molar-refractivity contribution in [3.63, 3.8) is 0 Å². The molecule has 35 heavy (non-hydrogen) atoms. The first kappa shape index (κ1) is 22.8. The predicted octanol–water partition coefficient (Wildman–Crippen LogP) is 4.78. The van der Waals surface area contributed by atoms with Crippen molar-refractivity contribution in [1.29, 1.82) is 0 Å². The molecule has 1 aliphatic rings. The van der Waals surface area contributed by atoms with Crippen molar-refractivity contribution in [3.8, 4) is 0 Å². The van der Waals surface area contributed by atoms with E-state index in [1.807, 2.05) is 83.2 Å². The van der Waals surface area contributed by atoms with Gasteiger partial charge in [-0.05, 0) is 41.8 Å².